The standard InChI is InChI=1S/C9H9F3N2O4S/c1-13-19(17,18)14-7-3-2-5(9(10,11)12)4-6(7)8(15)16/h2-4,13-14H,1H3,(H,15,16). The van der Waals surface area contributed by atoms with Gasteiger partial charge in [0.2, 0.25) is 0 Å². The maximum atomic E-state index is 12.4. The molecule has 0 atom stereocenters. The summed E-state index contributed by atoms with van der Waals surface area (Å²) < 4.78 is 63.3. The molecule has 19 heavy (non-hydrogen) atoms. The Morgan fingerprint density at radius 2 is 1.89 bits per heavy atom. The van der Waals surface area contributed by atoms with Gasteiger partial charge in [0.15, 0.2) is 0 Å². The summed E-state index contributed by atoms with van der Waals surface area (Å²) in [5.74, 6) is -1.68. The summed E-state index contributed by atoms with van der Waals surface area (Å²) in [7, 11) is -2.96. The maximum absolute atomic E-state index is 12.4. The minimum atomic E-state index is -4.72. The van der Waals surface area contributed by atoms with Crippen molar-refractivity contribution in [3.05, 3.63) is 29.3 Å². The van der Waals surface area contributed by atoms with Crippen molar-refractivity contribution in [2.75, 3.05) is 11.8 Å². The molecule has 3 N–H and O–H groups in total. The Hall–Kier alpha value is -1.81. The number of benzene rings is 1. The normalized spacial score (nSPS) is 12.2. The number of carboxylic acids is 1. The lowest BCUT2D eigenvalue weighted by molar-refractivity contribution is -0.137. The fraction of sp³-hybridized carbons (Fsp3) is 0.222. The van der Waals surface area contributed by atoms with Crippen molar-refractivity contribution in [2.24, 2.45) is 0 Å². The lowest BCUT2D eigenvalue weighted by Crippen LogP contribution is -2.27. The highest BCUT2D eigenvalue weighted by molar-refractivity contribution is 7.90. The Bertz CT molecular complexity index is 598. The third-order valence-corrected chi connectivity index (χ3v) is 3.12. The van der Waals surface area contributed by atoms with E-state index in [-0.39, 0.29) is 0 Å². The third-order valence-electron chi connectivity index (χ3n) is 2.09. The number of hydrogen-bond acceptors (Lipinski definition) is 3. The highest BCUT2D eigenvalue weighted by atomic mass is 32.2. The molecule has 0 saturated heterocycles. The van der Waals surface area contributed by atoms with Crippen LogP contribution in [0.25, 0.3) is 0 Å². The van der Waals surface area contributed by atoms with Crippen LogP contribution >= 0.6 is 0 Å². The van der Waals surface area contributed by atoms with Crippen molar-refractivity contribution >= 4 is 21.9 Å². The Balaban J connectivity index is 3.32. The molecule has 0 aromatic heterocycles. The zero-order valence-electron chi connectivity index (χ0n) is 9.45. The summed E-state index contributed by atoms with van der Waals surface area (Å²) in [4.78, 5) is 10.9. The molecule has 0 aliphatic heterocycles. The number of carboxylic acid groups (broad SMARTS) is 1. The molecule has 1 aromatic rings. The van der Waals surface area contributed by atoms with Crippen LogP contribution in [0.4, 0.5) is 18.9 Å². The zero-order chi connectivity index (χ0) is 14.8. The molecule has 0 unspecified atom stereocenters. The average molecular weight is 298 g/mol. The van der Waals surface area contributed by atoms with Crippen molar-refractivity contribution in [2.45, 2.75) is 6.18 Å². The van der Waals surface area contributed by atoms with E-state index in [0.29, 0.717) is 12.1 Å². The minimum Gasteiger partial charge on any atom is -0.478 e. The average Bonchev–Trinajstić information content (AvgIpc) is 2.27. The fourth-order valence-corrected chi connectivity index (χ4v) is 1.75. The van der Waals surface area contributed by atoms with Gasteiger partial charge in [0, 0.05) is 7.05 Å². The van der Waals surface area contributed by atoms with Crippen LogP contribution in [-0.2, 0) is 16.4 Å². The summed E-state index contributed by atoms with van der Waals surface area (Å²) in [5, 5.41) is 8.80. The molecular formula is C9H9F3N2O4S. The molecule has 10 heteroatoms. The van der Waals surface area contributed by atoms with Gasteiger partial charge in [-0.15, -0.1) is 0 Å². The number of alkyl halides is 3. The van der Waals surface area contributed by atoms with Crippen LogP contribution in [-0.4, -0.2) is 26.5 Å². The Morgan fingerprint density at radius 3 is 2.32 bits per heavy atom. The van der Waals surface area contributed by atoms with Gasteiger partial charge in [0.25, 0.3) is 10.2 Å². The minimum absolute atomic E-state index is 0.357. The van der Waals surface area contributed by atoms with Gasteiger partial charge in [-0.25, -0.2) is 9.52 Å². The van der Waals surface area contributed by atoms with E-state index in [1.165, 1.54) is 0 Å². The van der Waals surface area contributed by atoms with Crippen LogP contribution in [0.5, 0.6) is 0 Å². The predicted molar refractivity (Wildman–Crippen MR) is 60.0 cm³/mol. The quantitative estimate of drug-likeness (QED) is 0.780. The predicted octanol–water partition coefficient (Wildman–Crippen LogP) is 1.28. The molecule has 0 spiro atoms. The number of rotatable bonds is 4. The van der Waals surface area contributed by atoms with Gasteiger partial charge < -0.3 is 5.11 Å². The first kappa shape index (κ1) is 15.2. The second-order valence-corrected chi connectivity index (χ2v) is 4.99. The molecule has 6 nitrogen and oxygen atoms in total. The third kappa shape index (κ3) is 3.83. The van der Waals surface area contributed by atoms with Crippen LogP contribution in [0.2, 0.25) is 0 Å². The SMILES string of the molecule is CNS(=O)(=O)Nc1ccc(C(F)(F)F)cc1C(=O)O. The van der Waals surface area contributed by atoms with Crippen molar-refractivity contribution in [3.8, 4) is 0 Å². The highest BCUT2D eigenvalue weighted by Crippen LogP contribution is 2.32. The molecule has 1 rings (SSSR count). The molecule has 0 fully saturated rings. The van der Waals surface area contributed by atoms with E-state index < -0.39 is 39.2 Å². The molecule has 1 aromatic carbocycles. The zero-order valence-corrected chi connectivity index (χ0v) is 10.3. The lowest BCUT2D eigenvalue weighted by Gasteiger charge is -2.12. The first-order valence-corrected chi connectivity index (χ1v) is 6.21. The number of nitrogens with one attached hydrogen (secondary N) is 2. The van der Waals surface area contributed by atoms with E-state index in [9.17, 15) is 26.4 Å². The largest absolute Gasteiger partial charge is 0.478 e. The monoisotopic (exact) mass is 298 g/mol. The number of aromatic carboxylic acids is 1. The van der Waals surface area contributed by atoms with Gasteiger partial charge in [-0.05, 0) is 18.2 Å². The number of anilines is 1. The summed E-state index contributed by atoms with van der Waals surface area (Å²) in [5.41, 5.74) is -2.44. The lowest BCUT2D eigenvalue weighted by atomic mass is 10.1. The van der Waals surface area contributed by atoms with Gasteiger partial charge in [-0.3, -0.25) is 4.72 Å². The van der Waals surface area contributed by atoms with Crippen LogP contribution < -0.4 is 9.44 Å². The summed E-state index contributed by atoms with van der Waals surface area (Å²) in [6.45, 7) is 0. The Labute approximate surface area is 106 Å². The molecule has 0 radical (unpaired) electrons. The topological polar surface area (TPSA) is 95.5 Å². The van der Waals surface area contributed by atoms with E-state index >= 15 is 0 Å². The second kappa shape index (κ2) is 5.05. The van der Waals surface area contributed by atoms with E-state index in [2.05, 4.69) is 0 Å². The highest BCUT2D eigenvalue weighted by Gasteiger charge is 2.32. The van der Waals surface area contributed by atoms with Crippen molar-refractivity contribution in [1.29, 1.82) is 0 Å². The van der Waals surface area contributed by atoms with E-state index in [1.54, 1.807) is 0 Å². The molecule has 0 saturated carbocycles. The fourth-order valence-electron chi connectivity index (χ4n) is 1.18. The Morgan fingerprint density at radius 1 is 1.32 bits per heavy atom. The number of hydrogen-bond donors (Lipinski definition) is 3. The maximum Gasteiger partial charge on any atom is 0.416 e. The second-order valence-electron chi connectivity index (χ2n) is 3.37. The van der Waals surface area contributed by atoms with Crippen molar-refractivity contribution < 1.29 is 31.5 Å². The first-order valence-electron chi connectivity index (χ1n) is 4.72. The summed E-state index contributed by atoms with van der Waals surface area (Å²) in [6.07, 6.45) is -4.72. The van der Waals surface area contributed by atoms with Gasteiger partial charge in [0.05, 0.1) is 16.8 Å². The first-order chi connectivity index (χ1) is 8.57. The van der Waals surface area contributed by atoms with Gasteiger partial charge >= 0.3 is 12.1 Å². The molecule has 0 heterocycles. The molecule has 0 aliphatic rings. The van der Waals surface area contributed by atoms with E-state index in [4.69, 9.17) is 5.11 Å². The molecular weight excluding hydrogens is 289 g/mol. The Kier molecular flexibility index (Phi) is 4.06. The van der Waals surface area contributed by atoms with Crippen LogP contribution in [0.1, 0.15) is 15.9 Å². The summed E-state index contributed by atoms with van der Waals surface area (Å²) >= 11 is 0. The van der Waals surface area contributed by atoms with E-state index in [1.807, 2.05) is 9.44 Å². The molecule has 0 aliphatic carbocycles. The molecule has 0 amide bonds. The molecule has 106 valence electrons. The van der Waals surface area contributed by atoms with Gasteiger partial charge in [0.1, 0.15) is 0 Å². The van der Waals surface area contributed by atoms with Crippen molar-refractivity contribution in [1.82, 2.24) is 4.72 Å². The van der Waals surface area contributed by atoms with Crippen LogP contribution in [0.15, 0.2) is 18.2 Å². The smallest absolute Gasteiger partial charge is 0.416 e. The van der Waals surface area contributed by atoms with Gasteiger partial charge in [-0.2, -0.15) is 21.6 Å². The number of carbonyl (C=O) groups is 1. The summed E-state index contributed by atoms with van der Waals surface area (Å²) in [6, 6.07) is 1.68. The van der Waals surface area contributed by atoms with Crippen LogP contribution in [0, 0.1) is 0 Å². The molecule has 0 bridgehead atoms. The number of halogens is 3. The van der Waals surface area contributed by atoms with Crippen LogP contribution in [0.3, 0.4) is 0 Å². The van der Waals surface area contributed by atoms with E-state index in [0.717, 1.165) is 13.1 Å². The van der Waals surface area contributed by atoms with Crippen molar-refractivity contribution in [3.63, 3.8) is 0 Å². The van der Waals surface area contributed by atoms with Gasteiger partial charge in [-0.1, -0.05) is 0 Å².